The number of aliphatic carboxylic acids is 2. The molecule has 9 nitrogen and oxygen atoms in total. The Bertz CT molecular complexity index is 1980. The second-order valence-electron chi connectivity index (χ2n) is 9.38. The molecular weight excluding hydrogens is 608 g/mol. The molecular formula is C30H21F6N5O4. The summed E-state index contributed by atoms with van der Waals surface area (Å²) in [5.74, 6) is -4.02. The molecule has 232 valence electrons. The summed E-state index contributed by atoms with van der Waals surface area (Å²) < 4.78 is 63.5. The van der Waals surface area contributed by atoms with Crippen molar-refractivity contribution in [1.82, 2.24) is 20.2 Å². The highest BCUT2D eigenvalue weighted by atomic mass is 19.4. The van der Waals surface area contributed by atoms with Crippen molar-refractivity contribution in [3.8, 4) is 11.4 Å². The highest BCUT2D eigenvalue weighted by molar-refractivity contribution is 5.94. The van der Waals surface area contributed by atoms with E-state index in [1.54, 1.807) is 0 Å². The van der Waals surface area contributed by atoms with Crippen LogP contribution < -0.4 is 5.32 Å². The fraction of sp³-hybridized carbons (Fsp3) is 0.100. The number of hydrogen-bond acceptors (Lipinski definition) is 6. The maximum absolute atomic E-state index is 10.6. The first kappa shape index (κ1) is 32.2. The summed E-state index contributed by atoms with van der Waals surface area (Å²) in [5, 5.41) is 29.3. The van der Waals surface area contributed by atoms with Crippen LogP contribution in [0.3, 0.4) is 0 Å². The molecule has 0 radical (unpaired) electrons. The van der Waals surface area contributed by atoms with Gasteiger partial charge in [0, 0.05) is 22.0 Å². The van der Waals surface area contributed by atoms with Gasteiger partial charge in [0.1, 0.15) is 5.82 Å². The van der Waals surface area contributed by atoms with Crippen LogP contribution in [0.2, 0.25) is 0 Å². The minimum atomic E-state index is -5.08. The molecule has 0 atom stereocenters. The normalized spacial score (nSPS) is 11.4. The van der Waals surface area contributed by atoms with E-state index >= 15 is 0 Å². The van der Waals surface area contributed by atoms with Crippen LogP contribution in [0.4, 0.5) is 37.8 Å². The molecule has 4 aromatic carbocycles. The third kappa shape index (κ3) is 8.22. The molecule has 0 fully saturated rings. The highest BCUT2D eigenvalue weighted by Crippen LogP contribution is 2.30. The lowest BCUT2D eigenvalue weighted by Gasteiger charge is -2.12. The maximum atomic E-state index is 10.6. The number of nitrogens with one attached hydrogen (secondary N) is 2. The summed E-state index contributed by atoms with van der Waals surface area (Å²) in [6, 6.07) is 27.1. The lowest BCUT2D eigenvalue weighted by Crippen LogP contribution is -2.21. The molecule has 2 heterocycles. The Morgan fingerprint density at radius 3 is 2.04 bits per heavy atom. The van der Waals surface area contributed by atoms with Crippen molar-refractivity contribution in [2.75, 3.05) is 5.32 Å². The predicted octanol–water partition coefficient (Wildman–Crippen LogP) is 7.64. The number of benzene rings is 4. The van der Waals surface area contributed by atoms with Crippen molar-refractivity contribution in [2.24, 2.45) is 0 Å². The topological polar surface area (TPSA) is 141 Å². The van der Waals surface area contributed by atoms with Gasteiger partial charge in [-0.2, -0.15) is 31.4 Å². The van der Waals surface area contributed by atoms with Crippen molar-refractivity contribution in [3.63, 3.8) is 0 Å². The van der Waals surface area contributed by atoms with Gasteiger partial charge in [-0.3, -0.25) is 5.10 Å². The van der Waals surface area contributed by atoms with E-state index in [0.717, 1.165) is 38.9 Å². The number of hydrogen-bond donors (Lipinski definition) is 4. The monoisotopic (exact) mass is 629 g/mol. The molecule has 0 amide bonds. The average molecular weight is 630 g/mol. The van der Waals surface area contributed by atoms with Crippen molar-refractivity contribution in [2.45, 2.75) is 19.3 Å². The van der Waals surface area contributed by atoms with Gasteiger partial charge in [-0.15, -0.1) is 0 Å². The van der Waals surface area contributed by atoms with Crippen LogP contribution in [0.5, 0.6) is 0 Å². The first-order valence-electron chi connectivity index (χ1n) is 12.7. The lowest BCUT2D eigenvalue weighted by molar-refractivity contribution is -0.193. The Kier molecular flexibility index (Phi) is 9.21. The van der Waals surface area contributed by atoms with Crippen molar-refractivity contribution in [3.05, 3.63) is 90.6 Å². The number of carboxylic acid groups (broad SMARTS) is 2. The minimum absolute atomic E-state index is 0.704. The van der Waals surface area contributed by atoms with E-state index in [2.05, 4.69) is 89.2 Å². The fourth-order valence-corrected chi connectivity index (χ4v) is 3.95. The lowest BCUT2D eigenvalue weighted by atomic mass is 10.1. The fourth-order valence-electron chi connectivity index (χ4n) is 3.95. The number of rotatable bonds is 3. The largest absolute Gasteiger partial charge is 0.490 e. The third-order valence-electron chi connectivity index (χ3n) is 6.05. The molecule has 2 aromatic heterocycles. The summed E-state index contributed by atoms with van der Waals surface area (Å²) in [7, 11) is 0. The standard InChI is InChI=1S/C26H19N5.2C2HF3O2/c1-16-6-10-22-24(12-16)29-25(19-8-7-17-4-2-3-5-18(17)13-19)30-26(22)28-21-9-11-23-20(14-21)15-27-31-23;2*3-2(4,5)1(6)7/h2-15H,1H3,(H,27,31)(H,28,29,30);2*(H,6,7). The number of H-pyrrole nitrogens is 1. The van der Waals surface area contributed by atoms with Gasteiger partial charge in [0.2, 0.25) is 0 Å². The SMILES string of the molecule is Cc1ccc2c(Nc3ccc4[nH]ncc4c3)nc(-c3ccc4ccccc4c3)nc2c1.O=C(O)C(F)(F)F.O=C(O)C(F)(F)F. The van der Waals surface area contributed by atoms with E-state index in [0.29, 0.717) is 5.82 Å². The molecule has 6 aromatic rings. The summed E-state index contributed by atoms with van der Waals surface area (Å²) in [6.07, 6.45) is -8.34. The summed E-state index contributed by atoms with van der Waals surface area (Å²) in [4.78, 5) is 27.6. The smallest absolute Gasteiger partial charge is 0.475 e. The zero-order chi connectivity index (χ0) is 32.9. The Balaban J connectivity index is 0.000000277. The zero-order valence-corrected chi connectivity index (χ0v) is 22.9. The molecule has 0 aliphatic carbocycles. The van der Waals surface area contributed by atoms with Gasteiger partial charge < -0.3 is 15.5 Å². The number of fused-ring (bicyclic) bond motifs is 3. The van der Waals surface area contributed by atoms with Crippen LogP contribution in [0.1, 0.15) is 5.56 Å². The van der Waals surface area contributed by atoms with E-state index in [4.69, 9.17) is 29.8 Å². The van der Waals surface area contributed by atoms with Crippen LogP contribution in [0.25, 0.3) is 44.0 Å². The quantitative estimate of drug-likeness (QED) is 0.146. The molecule has 4 N–H and O–H groups in total. The molecule has 0 aliphatic rings. The molecule has 0 saturated carbocycles. The van der Waals surface area contributed by atoms with E-state index < -0.39 is 24.3 Å². The van der Waals surface area contributed by atoms with Gasteiger partial charge in [0.25, 0.3) is 0 Å². The van der Waals surface area contributed by atoms with Crippen molar-refractivity contribution in [1.29, 1.82) is 0 Å². The second-order valence-corrected chi connectivity index (χ2v) is 9.38. The van der Waals surface area contributed by atoms with Gasteiger partial charge in [-0.25, -0.2) is 19.6 Å². The first-order chi connectivity index (χ1) is 21.1. The van der Waals surface area contributed by atoms with Crippen LogP contribution in [0.15, 0.2) is 85.1 Å². The molecule has 0 saturated heterocycles. The summed E-state index contributed by atoms with van der Waals surface area (Å²) in [6.45, 7) is 2.08. The Morgan fingerprint density at radius 2 is 1.40 bits per heavy atom. The first-order valence-corrected chi connectivity index (χ1v) is 12.7. The molecule has 0 spiro atoms. The number of anilines is 2. The summed E-state index contributed by atoms with van der Waals surface area (Å²) >= 11 is 0. The van der Waals surface area contributed by atoms with Crippen LogP contribution in [-0.4, -0.2) is 54.7 Å². The maximum Gasteiger partial charge on any atom is 0.490 e. The molecule has 15 heteroatoms. The van der Waals surface area contributed by atoms with Gasteiger partial charge >= 0.3 is 24.3 Å². The van der Waals surface area contributed by atoms with Crippen molar-refractivity contribution < 1.29 is 46.1 Å². The Hall–Kier alpha value is -5.73. The van der Waals surface area contributed by atoms with E-state index in [1.165, 1.54) is 16.3 Å². The number of aryl methyl sites for hydroxylation is 1. The second kappa shape index (κ2) is 12.9. The summed E-state index contributed by atoms with van der Waals surface area (Å²) in [5.41, 5.74) is 5.05. The number of halogens is 6. The van der Waals surface area contributed by atoms with Crippen molar-refractivity contribution >= 4 is 56.0 Å². The van der Waals surface area contributed by atoms with Gasteiger partial charge in [0.05, 0.1) is 17.2 Å². The number of alkyl halides is 6. The number of carbonyl (C=O) groups is 2. The molecule has 0 aliphatic heterocycles. The van der Waals surface area contributed by atoms with Gasteiger partial charge in [-0.1, -0.05) is 42.5 Å². The van der Waals surface area contributed by atoms with Gasteiger partial charge in [-0.05, 0) is 59.7 Å². The van der Waals surface area contributed by atoms with E-state index in [-0.39, 0.29) is 0 Å². The highest BCUT2D eigenvalue weighted by Gasteiger charge is 2.38. The minimum Gasteiger partial charge on any atom is -0.475 e. The molecule has 0 unspecified atom stereocenters. The Labute approximate surface area is 249 Å². The Morgan fingerprint density at radius 1 is 0.756 bits per heavy atom. The van der Waals surface area contributed by atoms with E-state index in [9.17, 15) is 26.3 Å². The number of aromatic amines is 1. The van der Waals surface area contributed by atoms with E-state index in [1.807, 2.05) is 18.3 Å². The number of aromatic nitrogens is 4. The predicted molar refractivity (Wildman–Crippen MR) is 154 cm³/mol. The number of nitrogens with zero attached hydrogens (tertiary/aromatic N) is 3. The third-order valence-corrected chi connectivity index (χ3v) is 6.05. The molecule has 6 rings (SSSR count). The average Bonchev–Trinajstić information content (AvgIpc) is 3.44. The van der Waals surface area contributed by atoms with Crippen LogP contribution >= 0.6 is 0 Å². The number of carboxylic acids is 2. The van der Waals surface area contributed by atoms with Crippen LogP contribution in [-0.2, 0) is 9.59 Å². The zero-order valence-electron chi connectivity index (χ0n) is 22.9. The molecule has 45 heavy (non-hydrogen) atoms. The molecule has 0 bridgehead atoms. The van der Waals surface area contributed by atoms with Crippen LogP contribution in [0, 0.1) is 6.92 Å². The van der Waals surface area contributed by atoms with Gasteiger partial charge in [0.15, 0.2) is 5.82 Å².